The quantitative estimate of drug-likeness (QED) is 0.819. The zero-order valence-corrected chi connectivity index (χ0v) is 11.1. The molecule has 3 fully saturated rings. The van der Waals surface area contributed by atoms with Crippen LogP contribution in [0.4, 0.5) is 0 Å². The fraction of sp³-hybridized carbons (Fsp3) is 0.923. The second-order valence-corrected chi connectivity index (χ2v) is 5.79. The molecule has 0 bridgehead atoms. The van der Waals surface area contributed by atoms with Crippen molar-refractivity contribution >= 4 is 18.3 Å². The Morgan fingerprint density at radius 2 is 1.71 bits per heavy atom. The number of carbonyl (C=O) groups is 1. The van der Waals surface area contributed by atoms with E-state index in [4.69, 9.17) is 5.73 Å². The summed E-state index contributed by atoms with van der Waals surface area (Å²) in [7, 11) is 0. The molecule has 1 aliphatic heterocycles. The van der Waals surface area contributed by atoms with Crippen LogP contribution in [0.3, 0.4) is 0 Å². The van der Waals surface area contributed by atoms with Gasteiger partial charge in [0.1, 0.15) is 0 Å². The molecule has 0 aromatic heterocycles. The summed E-state index contributed by atoms with van der Waals surface area (Å²) in [5, 5.41) is 0. The highest BCUT2D eigenvalue weighted by Gasteiger charge is 2.57. The van der Waals surface area contributed by atoms with Crippen LogP contribution in [0.1, 0.15) is 32.1 Å². The number of halogens is 1. The monoisotopic (exact) mass is 258 g/mol. The van der Waals surface area contributed by atoms with Crippen LogP contribution in [0.15, 0.2) is 0 Å². The van der Waals surface area contributed by atoms with Crippen molar-refractivity contribution in [2.24, 2.45) is 29.4 Å². The van der Waals surface area contributed by atoms with Crippen LogP contribution >= 0.6 is 12.4 Å². The molecule has 1 amide bonds. The van der Waals surface area contributed by atoms with Gasteiger partial charge in [-0.25, -0.2) is 0 Å². The molecule has 1 heterocycles. The van der Waals surface area contributed by atoms with Gasteiger partial charge in [-0.2, -0.15) is 0 Å². The average molecular weight is 259 g/mol. The van der Waals surface area contributed by atoms with Crippen molar-refractivity contribution in [3.63, 3.8) is 0 Å². The summed E-state index contributed by atoms with van der Waals surface area (Å²) in [6.45, 7) is 2.70. The zero-order chi connectivity index (χ0) is 11.1. The summed E-state index contributed by atoms with van der Waals surface area (Å²) in [4.78, 5) is 14.4. The summed E-state index contributed by atoms with van der Waals surface area (Å²) in [5.74, 6) is 3.07. The molecule has 0 radical (unpaired) electrons. The summed E-state index contributed by atoms with van der Waals surface area (Å²) in [6.07, 6.45) is 6.20. The highest BCUT2D eigenvalue weighted by molar-refractivity contribution is 5.85. The van der Waals surface area contributed by atoms with Crippen molar-refractivity contribution in [2.75, 3.05) is 19.6 Å². The molecule has 2 aliphatic carbocycles. The minimum atomic E-state index is 0. The second-order valence-electron chi connectivity index (χ2n) is 5.79. The fourth-order valence-electron chi connectivity index (χ4n) is 3.79. The van der Waals surface area contributed by atoms with Gasteiger partial charge < -0.3 is 10.6 Å². The Kier molecular flexibility index (Phi) is 3.99. The van der Waals surface area contributed by atoms with Gasteiger partial charge in [0.15, 0.2) is 0 Å². The molecule has 1 saturated heterocycles. The largest absolute Gasteiger partial charge is 0.342 e. The SMILES string of the molecule is Cl.NCC1CCN(C(=O)C2C3CCCC32)CC1. The van der Waals surface area contributed by atoms with Crippen LogP contribution in [0.25, 0.3) is 0 Å². The Bertz CT molecular complexity index is 279. The fourth-order valence-corrected chi connectivity index (χ4v) is 3.79. The molecule has 2 saturated carbocycles. The molecular formula is C13H23ClN2O. The predicted octanol–water partition coefficient (Wildman–Crippen LogP) is 1.65. The van der Waals surface area contributed by atoms with E-state index in [1.807, 2.05) is 0 Å². The van der Waals surface area contributed by atoms with Gasteiger partial charge in [0.25, 0.3) is 0 Å². The van der Waals surface area contributed by atoms with Crippen LogP contribution in [0, 0.1) is 23.7 Å². The number of carbonyl (C=O) groups excluding carboxylic acids is 1. The van der Waals surface area contributed by atoms with Gasteiger partial charge in [0.2, 0.25) is 5.91 Å². The third kappa shape index (κ3) is 2.32. The standard InChI is InChI=1S/C13H22N2O.ClH/c14-8-9-4-6-15(7-5-9)13(16)12-10-2-1-3-11(10)12;/h9-12H,1-8,14H2;1H. The molecule has 0 aromatic carbocycles. The molecule has 4 heteroatoms. The first-order valence-electron chi connectivity index (χ1n) is 6.80. The molecule has 98 valence electrons. The second kappa shape index (κ2) is 5.15. The topological polar surface area (TPSA) is 46.3 Å². The maximum atomic E-state index is 12.3. The van der Waals surface area contributed by atoms with E-state index in [1.54, 1.807) is 0 Å². The van der Waals surface area contributed by atoms with E-state index in [9.17, 15) is 4.79 Å². The van der Waals surface area contributed by atoms with Crippen molar-refractivity contribution in [3.8, 4) is 0 Å². The van der Waals surface area contributed by atoms with Crippen LogP contribution in [-0.2, 0) is 4.79 Å². The molecule has 0 spiro atoms. The number of likely N-dealkylation sites (tertiary alicyclic amines) is 1. The van der Waals surface area contributed by atoms with Gasteiger partial charge in [0.05, 0.1) is 0 Å². The number of nitrogens with two attached hydrogens (primary N) is 1. The van der Waals surface area contributed by atoms with Crippen molar-refractivity contribution in [1.29, 1.82) is 0 Å². The maximum absolute atomic E-state index is 12.3. The lowest BCUT2D eigenvalue weighted by Gasteiger charge is -2.32. The first-order valence-corrected chi connectivity index (χ1v) is 6.80. The number of hydrogen-bond donors (Lipinski definition) is 1. The van der Waals surface area contributed by atoms with E-state index in [-0.39, 0.29) is 12.4 Å². The van der Waals surface area contributed by atoms with Gasteiger partial charge in [-0.3, -0.25) is 4.79 Å². The predicted molar refractivity (Wildman–Crippen MR) is 69.9 cm³/mol. The number of nitrogens with zero attached hydrogens (tertiary/aromatic N) is 1. The van der Waals surface area contributed by atoms with Crippen LogP contribution < -0.4 is 5.73 Å². The number of hydrogen-bond acceptors (Lipinski definition) is 2. The molecule has 3 rings (SSSR count). The van der Waals surface area contributed by atoms with Crippen LogP contribution in [-0.4, -0.2) is 30.4 Å². The van der Waals surface area contributed by atoms with Crippen molar-refractivity contribution in [2.45, 2.75) is 32.1 Å². The Morgan fingerprint density at radius 3 is 2.24 bits per heavy atom. The summed E-state index contributed by atoms with van der Waals surface area (Å²) in [5.41, 5.74) is 5.67. The molecule has 2 atom stereocenters. The van der Waals surface area contributed by atoms with E-state index in [0.717, 1.165) is 44.3 Å². The van der Waals surface area contributed by atoms with E-state index in [0.29, 0.717) is 17.7 Å². The average Bonchev–Trinajstić information content (AvgIpc) is 2.81. The van der Waals surface area contributed by atoms with Gasteiger partial charge in [-0.15, -0.1) is 12.4 Å². The number of amides is 1. The van der Waals surface area contributed by atoms with E-state index < -0.39 is 0 Å². The molecule has 2 N–H and O–H groups in total. The summed E-state index contributed by atoms with van der Waals surface area (Å²) >= 11 is 0. The smallest absolute Gasteiger partial charge is 0.226 e. The van der Waals surface area contributed by atoms with Gasteiger partial charge in [-0.05, 0) is 50.0 Å². The Morgan fingerprint density at radius 1 is 1.12 bits per heavy atom. The van der Waals surface area contributed by atoms with Crippen molar-refractivity contribution in [1.82, 2.24) is 4.90 Å². The minimum absolute atomic E-state index is 0. The van der Waals surface area contributed by atoms with Crippen LogP contribution in [0.5, 0.6) is 0 Å². The zero-order valence-electron chi connectivity index (χ0n) is 10.3. The lowest BCUT2D eigenvalue weighted by molar-refractivity contribution is -0.134. The first kappa shape index (κ1) is 13.2. The molecule has 0 aromatic rings. The Hall–Kier alpha value is -0.280. The van der Waals surface area contributed by atoms with Crippen LogP contribution in [0.2, 0.25) is 0 Å². The Labute approximate surface area is 110 Å². The van der Waals surface area contributed by atoms with E-state index in [1.165, 1.54) is 19.3 Å². The highest BCUT2D eigenvalue weighted by atomic mass is 35.5. The lowest BCUT2D eigenvalue weighted by Crippen LogP contribution is -2.41. The third-order valence-electron chi connectivity index (χ3n) is 4.95. The molecule has 2 unspecified atom stereocenters. The minimum Gasteiger partial charge on any atom is -0.342 e. The lowest BCUT2D eigenvalue weighted by atomic mass is 9.96. The Balaban J connectivity index is 0.00000108. The van der Waals surface area contributed by atoms with E-state index >= 15 is 0 Å². The van der Waals surface area contributed by atoms with Crippen molar-refractivity contribution in [3.05, 3.63) is 0 Å². The molecule has 17 heavy (non-hydrogen) atoms. The number of piperidine rings is 1. The third-order valence-corrected chi connectivity index (χ3v) is 4.95. The summed E-state index contributed by atoms with van der Waals surface area (Å²) in [6, 6.07) is 0. The highest BCUT2D eigenvalue weighted by Crippen LogP contribution is 2.58. The summed E-state index contributed by atoms with van der Waals surface area (Å²) < 4.78 is 0. The number of fused-ring (bicyclic) bond motifs is 1. The van der Waals surface area contributed by atoms with Crippen molar-refractivity contribution < 1.29 is 4.79 Å². The van der Waals surface area contributed by atoms with Gasteiger partial charge in [-0.1, -0.05) is 6.42 Å². The van der Waals surface area contributed by atoms with Gasteiger partial charge >= 0.3 is 0 Å². The van der Waals surface area contributed by atoms with Gasteiger partial charge in [0, 0.05) is 19.0 Å². The van der Waals surface area contributed by atoms with E-state index in [2.05, 4.69) is 4.90 Å². The molecular weight excluding hydrogens is 236 g/mol. The maximum Gasteiger partial charge on any atom is 0.226 e. The first-order chi connectivity index (χ1) is 7.81. The molecule has 3 nitrogen and oxygen atoms in total. The molecule has 3 aliphatic rings. The number of rotatable bonds is 2. The normalized spacial score (nSPS) is 36.3.